The van der Waals surface area contributed by atoms with Crippen molar-refractivity contribution in [3.8, 4) is 5.75 Å². The molecular formula is C19H19NO4. The zero-order valence-corrected chi connectivity index (χ0v) is 13.6. The molecule has 1 aliphatic carbocycles. The van der Waals surface area contributed by atoms with E-state index in [4.69, 9.17) is 4.74 Å². The lowest BCUT2D eigenvalue weighted by molar-refractivity contribution is -0.117. The van der Waals surface area contributed by atoms with Crippen LogP contribution in [0.3, 0.4) is 0 Å². The molecule has 1 aliphatic rings. The molecule has 0 bridgehead atoms. The van der Waals surface area contributed by atoms with Crippen LogP contribution in [-0.4, -0.2) is 24.1 Å². The molecule has 2 aromatic rings. The zero-order valence-electron chi connectivity index (χ0n) is 13.6. The van der Waals surface area contributed by atoms with Gasteiger partial charge in [-0.05, 0) is 48.6 Å². The lowest BCUT2D eigenvalue weighted by Gasteiger charge is -2.09. The highest BCUT2D eigenvalue weighted by Crippen LogP contribution is 2.48. The molecule has 24 heavy (non-hydrogen) atoms. The lowest BCUT2D eigenvalue weighted by atomic mass is 10.1. The van der Waals surface area contributed by atoms with Crippen LogP contribution >= 0.6 is 0 Å². The van der Waals surface area contributed by atoms with Gasteiger partial charge in [-0.15, -0.1) is 0 Å². The minimum absolute atomic E-state index is 0.100. The van der Waals surface area contributed by atoms with Gasteiger partial charge in [-0.2, -0.15) is 0 Å². The number of rotatable bonds is 5. The first-order chi connectivity index (χ1) is 11.5. The summed E-state index contributed by atoms with van der Waals surface area (Å²) in [7, 11) is 1.63. The second-order valence-corrected chi connectivity index (χ2v) is 6.02. The van der Waals surface area contributed by atoms with Crippen LogP contribution in [-0.2, 0) is 4.79 Å². The lowest BCUT2D eigenvalue weighted by Crippen LogP contribution is -2.17. The standard InChI is InChI=1S/C19H19NO4/c1-11-9-12(7-8-17(11)24-2)14-10-15(14)18(21)20-16-6-4-3-5-13(16)19(22)23/h3-9,14-15H,10H2,1-2H3,(H,20,21)(H,22,23). The number of aromatic carboxylic acids is 1. The number of anilines is 1. The van der Waals surface area contributed by atoms with Crippen molar-refractivity contribution in [2.45, 2.75) is 19.3 Å². The molecule has 0 radical (unpaired) electrons. The molecule has 1 saturated carbocycles. The van der Waals surface area contributed by atoms with Crippen molar-refractivity contribution in [3.63, 3.8) is 0 Å². The van der Waals surface area contributed by atoms with Gasteiger partial charge in [0.25, 0.3) is 0 Å². The Balaban J connectivity index is 1.71. The van der Waals surface area contributed by atoms with E-state index in [1.54, 1.807) is 25.3 Å². The molecule has 5 heteroatoms. The molecule has 2 N–H and O–H groups in total. The first-order valence-corrected chi connectivity index (χ1v) is 7.79. The van der Waals surface area contributed by atoms with E-state index in [1.807, 2.05) is 25.1 Å². The van der Waals surface area contributed by atoms with Gasteiger partial charge in [0, 0.05) is 5.92 Å². The summed E-state index contributed by atoms with van der Waals surface area (Å²) < 4.78 is 5.25. The van der Waals surface area contributed by atoms with Crippen molar-refractivity contribution in [2.75, 3.05) is 12.4 Å². The number of aryl methyl sites for hydroxylation is 1. The number of carboxylic acid groups (broad SMARTS) is 1. The van der Waals surface area contributed by atoms with Gasteiger partial charge in [0.15, 0.2) is 0 Å². The quantitative estimate of drug-likeness (QED) is 0.883. The van der Waals surface area contributed by atoms with E-state index < -0.39 is 5.97 Å². The average Bonchev–Trinajstić information content (AvgIpc) is 3.36. The zero-order chi connectivity index (χ0) is 17.3. The highest BCUT2D eigenvalue weighted by molar-refractivity contribution is 6.02. The van der Waals surface area contributed by atoms with Crippen LogP contribution < -0.4 is 10.1 Å². The van der Waals surface area contributed by atoms with E-state index in [0.29, 0.717) is 5.69 Å². The van der Waals surface area contributed by atoms with Gasteiger partial charge in [-0.1, -0.05) is 24.3 Å². The minimum atomic E-state index is -1.05. The number of carbonyl (C=O) groups excluding carboxylic acids is 1. The second-order valence-electron chi connectivity index (χ2n) is 6.02. The molecule has 0 aliphatic heterocycles. The summed E-state index contributed by atoms with van der Waals surface area (Å²) in [5.41, 5.74) is 2.59. The van der Waals surface area contributed by atoms with Crippen LogP contribution in [0.5, 0.6) is 5.75 Å². The van der Waals surface area contributed by atoms with Crippen LogP contribution in [0, 0.1) is 12.8 Å². The molecule has 0 saturated heterocycles. The van der Waals surface area contributed by atoms with E-state index in [0.717, 1.165) is 23.3 Å². The Labute approximate surface area is 140 Å². The van der Waals surface area contributed by atoms with Crippen molar-refractivity contribution in [3.05, 3.63) is 59.2 Å². The normalized spacial score (nSPS) is 18.8. The van der Waals surface area contributed by atoms with Crippen LogP contribution in [0.1, 0.15) is 33.8 Å². The second kappa shape index (κ2) is 6.35. The van der Waals surface area contributed by atoms with Crippen molar-refractivity contribution in [2.24, 2.45) is 5.92 Å². The van der Waals surface area contributed by atoms with Gasteiger partial charge in [-0.25, -0.2) is 4.79 Å². The molecular weight excluding hydrogens is 306 g/mol. The highest BCUT2D eigenvalue weighted by Gasteiger charge is 2.44. The summed E-state index contributed by atoms with van der Waals surface area (Å²) in [4.78, 5) is 23.6. The minimum Gasteiger partial charge on any atom is -0.496 e. The Morgan fingerprint density at radius 3 is 2.62 bits per heavy atom. The number of hydrogen-bond acceptors (Lipinski definition) is 3. The Kier molecular flexibility index (Phi) is 4.25. The number of ether oxygens (including phenoxy) is 1. The van der Waals surface area contributed by atoms with Crippen molar-refractivity contribution >= 4 is 17.6 Å². The summed E-state index contributed by atoms with van der Waals surface area (Å²) in [5, 5.41) is 11.9. The van der Waals surface area contributed by atoms with Crippen molar-refractivity contribution in [1.82, 2.24) is 0 Å². The molecule has 3 rings (SSSR count). The molecule has 2 atom stereocenters. The number of amides is 1. The Hall–Kier alpha value is -2.82. The third kappa shape index (κ3) is 3.11. The van der Waals surface area contributed by atoms with E-state index >= 15 is 0 Å². The molecule has 2 unspecified atom stereocenters. The maximum absolute atomic E-state index is 12.4. The number of nitrogens with one attached hydrogen (secondary N) is 1. The summed E-state index contributed by atoms with van der Waals surface area (Å²) in [6.07, 6.45) is 0.771. The first kappa shape index (κ1) is 16.1. The fourth-order valence-corrected chi connectivity index (χ4v) is 2.99. The maximum Gasteiger partial charge on any atom is 0.337 e. The topological polar surface area (TPSA) is 75.6 Å². The number of carbonyl (C=O) groups is 2. The van der Waals surface area contributed by atoms with Crippen LogP contribution in [0.2, 0.25) is 0 Å². The van der Waals surface area contributed by atoms with E-state index in [-0.39, 0.29) is 23.3 Å². The van der Waals surface area contributed by atoms with Crippen LogP contribution in [0.4, 0.5) is 5.69 Å². The molecule has 5 nitrogen and oxygen atoms in total. The van der Waals surface area contributed by atoms with Gasteiger partial charge in [0.1, 0.15) is 5.75 Å². The number of benzene rings is 2. The average molecular weight is 325 g/mol. The van der Waals surface area contributed by atoms with Gasteiger partial charge in [0.05, 0.1) is 18.4 Å². The molecule has 1 fully saturated rings. The number of hydrogen-bond donors (Lipinski definition) is 2. The van der Waals surface area contributed by atoms with E-state index in [1.165, 1.54) is 6.07 Å². The van der Waals surface area contributed by atoms with Crippen molar-refractivity contribution < 1.29 is 19.4 Å². The molecule has 124 valence electrons. The van der Waals surface area contributed by atoms with Gasteiger partial charge in [-0.3, -0.25) is 4.79 Å². The predicted octanol–water partition coefficient (Wildman–Crippen LogP) is 3.44. The van der Waals surface area contributed by atoms with Crippen LogP contribution in [0.15, 0.2) is 42.5 Å². The summed E-state index contributed by atoms with van der Waals surface area (Å²) in [6, 6.07) is 12.4. The van der Waals surface area contributed by atoms with Gasteiger partial charge >= 0.3 is 5.97 Å². The Bertz CT molecular complexity index is 800. The molecule has 2 aromatic carbocycles. The Morgan fingerprint density at radius 1 is 1.21 bits per heavy atom. The molecule has 0 aromatic heterocycles. The van der Waals surface area contributed by atoms with E-state index in [9.17, 15) is 14.7 Å². The third-order valence-corrected chi connectivity index (χ3v) is 4.39. The van der Waals surface area contributed by atoms with E-state index in [2.05, 4.69) is 5.32 Å². The third-order valence-electron chi connectivity index (χ3n) is 4.39. The fraction of sp³-hybridized carbons (Fsp3) is 0.263. The summed E-state index contributed by atoms with van der Waals surface area (Å²) in [5.74, 6) is -0.312. The monoisotopic (exact) mass is 325 g/mol. The summed E-state index contributed by atoms with van der Waals surface area (Å²) >= 11 is 0. The first-order valence-electron chi connectivity index (χ1n) is 7.79. The van der Waals surface area contributed by atoms with Crippen LogP contribution in [0.25, 0.3) is 0 Å². The van der Waals surface area contributed by atoms with Gasteiger partial charge < -0.3 is 15.2 Å². The number of methoxy groups -OCH3 is 1. The Morgan fingerprint density at radius 2 is 1.96 bits per heavy atom. The molecule has 1 amide bonds. The molecule has 0 spiro atoms. The summed E-state index contributed by atoms with van der Waals surface area (Å²) in [6.45, 7) is 1.98. The predicted molar refractivity (Wildman–Crippen MR) is 90.6 cm³/mol. The SMILES string of the molecule is COc1ccc(C2CC2C(=O)Nc2ccccc2C(=O)O)cc1C. The molecule has 0 heterocycles. The smallest absolute Gasteiger partial charge is 0.337 e. The maximum atomic E-state index is 12.4. The number of carboxylic acids is 1. The van der Waals surface area contributed by atoms with Crippen molar-refractivity contribution in [1.29, 1.82) is 0 Å². The fourth-order valence-electron chi connectivity index (χ4n) is 2.99. The largest absolute Gasteiger partial charge is 0.496 e. The highest BCUT2D eigenvalue weighted by atomic mass is 16.5. The number of para-hydroxylation sites is 1. The van der Waals surface area contributed by atoms with Gasteiger partial charge in [0.2, 0.25) is 5.91 Å².